The molecule has 1 heterocycles. The minimum atomic E-state index is -1.02. The van der Waals surface area contributed by atoms with Crippen molar-refractivity contribution in [3.8, 4) is 28.6 Å². The van der Waals surface area contributed by atoms with Crippen molar-refractivity contribution >= 4 is 29.0 Å². The Morgan fingerprint density at radius 1 is 1.04 bits per heavy atom. The molecule has 0 bridgehead atoms. The van der Waals surface area contributed by atoms with Gasteiger partial charge in [-0.15, -0.1) is 0 Å². The number of carboxylic acids is 1. The number of carboxylic acid groups (broad SMARTS) is 1. The SMILES string of the molecule is O=C(O)c1ccc(-n2c(-c3ccc(O)cc3O)n[nH]c2=S)c2ccccc12. The van der Waals surface area contributed by atoms with Crippen LogP contribution in [0.3, 0.4) is 0 Å². The van der Waals surface area contributed by atoms with Crippen molar-refractivity contribution in [3.05, 3.63) is 64.9 Å². The van der Waals surface area contributed by atoms with Crippen LogP contribution in [0.1, 0.15) is 10.4 Å². The van der Waals surface area contributed by atoms with Crippen molar-refractivity contribution in [1.82, 2.24) is 14.8 Å². The number of phenolic OH excluding ortho intramolecular Hbond substituents is 2. The molecule has 0 fully saturated rings. The Hall–Kier alpha value is -3.65. The lowest BCUT2D eigenvalue weighted by Crippen LogP contribution is -2.03. The molecule has 0 radical (unpaired) electrons. The van der Waals surface area contributed by atoms with Crippen LogP contribution < -0.4 is 0 Å². The monoisotopic (exact) mass is 379 g/mol. The molecule has 27 heavy (non-hydrogen) atoms. The molecule has 0 aliphatic heterocycles. The average Bonchev–Trinajstić information content (AvgIpc) is 3.01. The molecule has 4 N–H and O–H groups in total. The van der Waals surface area contributed by atoms with Gasteiger partial charge in [-0.3, -0.25) is 9.67 Å². The number of nitrogens with zero attached hydrogens (tertiary/aromatic N) is 2. The summed E-state index contributed by atoms with van der Waals surface area (Å²) < 4.78 is 1.90. The highest BCUT2D eigenvalue weighted by Gasteiger charge is 2.18. The number of H-pyrrole nitrogens is 1. The van der Waals surface area contributed by atoms with Gasteiger partial charge in [-0.05, 0) is 41.9 Å². The number of carbonyl (C=O) groups is 1. The molecule has 3 aromatic carbocycles. The zero-order valence-electron chi connectivity index (χ0n) is 13.7. The van der Waals surface area contributed by atoms with Crippen LogP contribution in [-0.4, -0.2) is 36.1 Å². The second-order valence-electron chi connectivity index (χ2n) is 5.87. The second-order valence-corrected chi connectivity index (χ2v) is 6.26. The molecular weight excluding hydrogens is 366 g/mol. The Morgan fingerprint density at radius 2 is 1.78 bits per heavy atom. The number of nitrogens with one attached hydrogen (secondary N) is 1. The number of aromatic carboxylic acids is 1. The summed E-state index contributed by atoms with van der Waals surface area (Å²) in [4.78, 5) is 11.5. The maximum absolute atomic E-state index is 11.5. The maximum Gasteiger partial charge on any atom is 0.336 e. The molecule has 4 rings (SSSR count). The van der Waals surface area contributed by atoms with E-state index in [-0.39, 0.29) is 21.8 Å². The van der Waals surface area contributed by atoms with Crippen molar-refractivity contribution in [2.45, 2.75) is 0 Å². The molecule has 0 saturated carbocycles. The lowest BCUT2D eigenvalue weighted by Gasteiger charge is -2.13. The fourth-order valence-corrected chi connectivity index (χ4v) is 3.31. The fourth-order valence-electron chi connectivity index (χ4n) is 3.07. The first-order chi connectivity index (χ1) is 13.0. The van der Waals surface area contributed by atoms with Gasteiger partial charge in [0.1, 0.15) is 11.5 Å². The highest BCUT2D eigenvalue weighted by Crippen LogP contribution is 2.34. The highest BCUT2D eigenvalue weighted by molar-refractivity contribution is 7.71. The molecule has 8 heteroatoms. The summed E-state index contributed by atoms with van der Waals surface area (Å²) in [6.07, 6.45) is 0. The van der Waals surface area contributed by atoms with E-state index in [0.717, 1.165) is 0 Å². The summed E-state index contributed by atoms with van der Waals surface area (Å²) in [6.45, 7) is 0. The molecule has 0 saturated heterocycles. The number of hydrogen-bond donors (Lipinski definition) is 4. The molecule has 0 aliphatic rings. The number of aromatic hydroxyl groups is 2. The molecule has 1 aromatic heterocycles. The molecular formula is C19H13N3O4S. The maximum atomic E-state index is 11.5. The summed E-state index contributed by atoms with van der Waals surface area (Å²) >= 11 is 5.37. The van der Waals surface area contributed by atoms with Crippen molar-refractivity contribution in [1.29, 1.82) is 0 Å². The smallest absolute Gasteiger partial charge is 0.336 e. The van der Waals surface area contributed by atoms with Gasteiger partial charge in [0.05, 0.1) is 16.8 Å². The van der Waals surface area contributed by atoms with E-state index < -0.39 is 5.97 Å². The van der Waals surface area contributed by atoms with Crippen molar-refractivity contribution in [2.75, 3.05) is 0 Å². The van der Waals surface area contributed by atoms with E-state index in [1.807, 2.05) is 0 Å². The van der Waals surface area contributed by atoms with Gasteiger partial charge in [0.15, 0.2) is 10.6 Å². The molecule has 0 unspecified atom stereocenters. The van der Waals surface area contributed by atoms with E-state index in [0.29, 0.717) is 27.8 Å². The number of hydrogen-bond acceptors (Lipinski definition) is 5. The van der Waals surface area contributed by atoms with E-state index in [2.05, 4.69) is 10.2 Å². The third-order valence-electron chi connectivity index (χ3n) is 4.27. The second kappa shape index (κ2) is 6.26. The first-order valence-electron chi connectivity index (χ1n) is 7.92. The summed E-state index contributed by atoms with van der Waals surface area (Å²) in [5.41, 5.74) is 1.17. The van der Waals surface area contributed by atoms with Gasteiger partial charge in [0.25, 0.3) is 0 Å². The molecule has 0 amide bonds. The van der Waals surface area contributed by atoms with Gasteiger partial charge in [0, 0.05) is 11.5 Å². The zero-order chi connectivity index (χ0) is 19.1. The van der Waals surface area contributed by atoms with Crippen LogP contribution in [0.15, 0.2) is 54.6 Å². The molecule has 0 spiro atoms. The molecule has 134 valence electrons. The minimum Gasteiger partial charge on any atom is -0.508 e. The Balaban J connectivity index is 2.04. The first-order valence-corrected chi connectivity index (χ1v) is 8.33. The number of rotatable bonds is 3. The van der Waals surface area contributed by atoms with Crippen LogP contribution >= 0.6 is 12.2 Å². The van der Waals surface area contributed by atoms with Crippen molar-refractivity contribution in [3.63, 3.8) is 0 Å². The zero-order valence-corrected chi connectivity index (χ0v) is 14.6. The Bertz CT molecular complexity index is 1260. The predicted octanol–water partition coefficient (Wildman–Crippen LogP) is 3.86. The number of aromatic amines is 1. The van der Waals surface area contributed by atoms with E-state index in [4.69, 9.17) is 12.2 Å². The van der Waals surface area contributed by atoms with Gasteiger partial charge in [-0.1, -0.05) is 24.3 Å². The molecule has 0 atom stereocenters. The largest absolute Gasteiger partial charge is 0.508 e. The van der Waals surface area contributed by atoms with Crippen molar-refractivity contribution in [2.24, 2.45) is 0 Å². The summed E-state index contributed by atoms with van der Waals surface area (Å²) in [5.74, 6) is -0.916. The van der Waals surface area contributed by atoms with Crippen LogP contribution in [0, 0.1) is 4.77 Å². The van der Waals surface area contributed by atoms with Crippen LogP contribution in [0.25, 0.3) is 27.8 Å². The quantitative estimate of drug-likeness (QED) is 0.402. The lowest BCUT2D eigenvalue weighted by molar-refractivity contribution is 0.0699. The standard InChI is InChI=1S/C19H13N3O4S/c23-10-5-6-14(16(24)9-10)17-20-21-19(27)22(17)15-8-7-13(18(25)26)11-3-1-2-4-12(11)15/h1-9,23-24H,(H,21,27)(H,25,26). The summed E-state index contributed by atoms with van der Waals surface area (Å²) in [7, 11) is 0. The lowest BCUT2D eigenvalue weighted by atomic mass is 10.0. The van der Waals surface area contributed by atoms with Gasteiger partial charge in [-0.2, -0.15) is 5.10 Å². The van der Waals surface area contributed by atoms with Crippen LogP contribution in [0.5, 0.6) is 11.5 Å². The van der Waals surface area contributed by atoms with Crippen LogP contribution in [-0.2, 0) is 0 Å². The number of phenols is 2. The Labute approximate surface area is 157 Å². The third-order valence-corrected chi connectivity index (χ3v) is 4.54. The normalized spacial score (nSPS) is 11.0. The van der Waals surface area contributed by atoms with Gasteiger partial charge >= 0.3 is 5.97 Å². The molecule has 0 aliphatic carbocycles. The number of aromatic nitrogens is 3. The van der Waals surface area contributed by atoms with Crippen LogP contribution in [0.4, 0.5) is 0 Å². The topological polar surface area (TPSA) is 111 Å². The summed E-state index contributed by atoms with van der Waals surface area (Å²) in [5, 5.41) is 37.3. The number of fused-ring (bicyclic) bond motifs is 1. The molecule has 7 nitrogen and oxygen atoms in total. The van der Waals surface area contributed by atoms with E-state index in [9.17, 15) is 20.1 Å². The van der Waals surface area contributed by atoms with Gasteiger partial charge < -0.3 is 15.3 Å². The first kappa shape index (κ1) is 16.8. The van der Waals surface area contributed by atoms with Gasteiger partial charge in [-0.25, -0.2) is 4.79 Å². The molecule has 4 aromatic rings. The third kappa shape index (κ3) is 2.72. The van der Waals surface area contributed by atoms with E-state index >= 15 is 0 Å². The fraction of sp³-hybridized carbons (Fsp3) is 0. The minimum absolute atomic E-state index is 0.0757. The Morgan fingerprint density at radius 3 is 2.48 bits per heavy atom. The van der Waals surface area contributed by atoms with Crippen LogP contribution in [0.2, 0.25) is 0 Å². The van der Waals surface area contributed by atoms with E-state index in [1.54, 1.807) is 34.9 Å². The summed E-state index contributed by atoms with van der Waals surface area (Å²) in [6, 6.07) is 14.4. The highest BCUT2D eigenvalue weighted by atomic mass is 32.1. The number of benzene rings is 3. The Kier molecular flexibility index (Phi) is 3.89. The van der Waals surface area contributed by atoms with Gasteiger partial charge in [0.2, 0.25) is 0 Å². The van der Waals surface area contributed by atoms with Crippen molar-refractivity contribution < 1.29 is 20.1 Å². The predicted molar refractivity (Wildman–Crippen MR) is 102 cm³/mol. The average molecular weight is 379 g/mol. The van der Waals surface area contributed by atoms with E-state index in [1.165, 1.54) is 24.3 Å².